The normalized spacial score (nSPS) is 14.8. The molecule has 1 N–H and O–H groups in total. The molecule has 0 fully saturated rings. The van der Waals surface area contributed by atoms with Crippen molar-refractivity contribution >= 4 is 0 Å². The maximum atomic E-state index is 9.44. The van der Waals surface area contributed by atoms with E-state index >= 15 is 0 Å². The number of rotatable bonds is 12. The van der Waals surface area contributed by atoms with Crippen LogP contribution in [0.4, 0.5) is 0 Å². The van der Waals surface area contributed by atoms with Gasteiger partial charge in [-0.1, -0.05) is 78.6 Å². The highest BCUT2D eigenvalue weighted by molar-refractivity contribution is 4.66. The molecular formula is C16H34O. The van der Waals surface area contributed by atoms with Gasteiger partial charge in [-0.05, 0) is 18.3 Å². The van der Waals surface area contributed by atoms with E-state index in [1.54, 1.807) is 0 Å². The highest BCUT2D eigenvalue weighted by Gasteiger charge is 2.15. The number of aliphatic hydroxyl groups is 1. The molecule has 0 saturated carbocycles. The smallest absolute Gasteiger partial charge is 0.0461 e. The first-order valence-electron chi connectivity index (χ1n) is 7.87. The molecule has 0 bridgehead atoms. The summed E-state index contributed by atoms with van der Waals surface area (Å²) in [6, 6.07) is 0. The lowest BCUT2D eigenvalue weighted by molar-refractivity contribution is 0.164. The van der Waals surface area contributed by atoms with Crippen LogP contribution in [-0.2, 0) is 0 Å². The standard InChI is InChI=1S/C16H34O/c1-4-6-8-9-11-12-15(3)16(14-17)13-10-7-5-2/h15-17H,4-14H2,1-3H3. The van der Waals surface area contributed by atoms with Gasteiger partial charge in [0.25, 0.3) is 0 Å². The fraction of sp³-hybridized carbons (Fsp3) is 1.00. The van der Waals surface area contributed by atoms with E-state index in [1.165, 1.54) is 64.2 Å². The molecule has 0 radical (unpaired) electrons. The van der Waals surface area contributed by atoms with Crippen molar-refractivity contribution in [3.8, 4) is 0 Å². The molecule has 0 aliphatic heterocycles. The summed E-state index contributed by atoms with van der Waals surface area (Å²) in [6.45, 7) is 7.22. The van der Waals surface area contributed by atoms with Gasteiger partial charge in [0.2, 0.25) is 0 Å². The zero-order valence-electron chi connectivity index (χ0n) is 12.4. The summed E-state index contributed by atoms with van der Waals surface area (Å²) in [5.74, 6) is 1.26. The molecule has 1 heteroatoms. The minimum absolute atomic E-state index is 0.389. The molecule has 0 aromatic carbocycles. The summed E-state index contributed by atoms with van der Waals surface area (Å²) in [5, 5.41) is 9.44. The molecule has 17 heavy (non-hydrogen) atoms. The van der Waals surface area contributed by atoms with E-state index in [2.05, 4.69) is 20.8 Å². The fourth-order valence-electron chi connectivity index (χ4n) is 2.52. The van der Waals surface area contributed by atoms with Gasteiger partial charge in [-0.25, -0.2) is 0 Å². The Morgan fingerprint density at radius 3 is 1.88 bits per heavy atom. The third kappa shape index (κ3) is 9.64. The monoisotopic (exact) mass is 242 g/mol. The maximum Gasteiger partial charge on any atom is 0.0461 e. The van der Waals surface area contributed by atoms with Crippen LogP contribution in [0.25, 0.3) is 0 Å². The molecule has 0 rings (SSSR count). The van der Waals surface area contributed by atoms with Gasteiger partial charge in [0.15, 0.2) is 0 Å². The predicted octanol–water partition coefficient (Wildman–Crippen LogP) is 5.17. The Morgan fingerprint density at radius 2 is 1.29 bits per heavy atom. The van der Waals surface area contributed by atoms with Gasteiger partial charge in [-0.3, -0.25) is 0 Å². The lowest BCUT2D eigenvalue weighted by Crippen LogP contribution is -2.16. The third-order valence-corrected chi connectivity index (χ3v) is 3.98. The molecule has 2 unspecified atom stereocenters. The van der Waals surface area contributed by atoms with E-state index in [-0.39, 0.29) is 0 Å². The van der Waals surface area contributed by atoms with Crippen molar-refractivity contribution in [3.63, 3.8) is 0 Å². The zero-order chi connectivity index (χ0) is 12.9. The van der Waals surface area contributed by atoms with Crippen LogP contribution in [0.5, 0.6) is 0 Å². The van der Waals surface area contributed by atoms with Crippen molar-refractivity contribution in [1.29, 1.82) is 0 Å². The van der Waals surface area contributed by atoms with Gasteiger partial charge in [0, 0.05) is 6.61 Å². The molecule has 0 spiro atoms. The summed E-state index contributed by atoms with van der Waals surface area (Å²) in [6.07, 6.45) is 13.3. The van der Waals surface area contributed by atoms with Crippen molar-refractivity contribution in [2.45, 2.75) is 85.0 Å². The lowest BCUT2D eigenvalue weighted by atomic mass is 9.86. The average molecular weight is 242 g/mol. The average Bonchev–Trinajstić information content (AvgIpc) is 2.34. The Balaban J connectivity index is 3.57. The molecule has 1 nitrogen and oxygen atoms in total. The van der Waals surface area contributed by atoms with Crippen LogP contribution in [0, 0.1) is 11.8 Å². The van der Waals surface area contributed by atoms with E-state index < -0.39 is 0 Å². The molecule has 0 amide bonds. The van der Waals surface area contributed by atoms with Crippen LogP contribution in [0.15, 0.2) is 0 Å². The minimum Gasteiger partial charge on any atom is -0.396 e. The van der Waals surface area contributed by atoms with Crippen molar-refractivity contribution in [2.75, 3.05) is 6.61 Å². The fourth-order valence-corrected chi connectivity index (χ4v) is 2.52. The molecule has 0 saturated heterocycles. The minimum atomic E-state index is 0.389. The lowest BCUT2D eigenvalue weighted by Gasteiger charge is -2.22. The van der Waals surface area contributed by atoms with Gasteiger partial charge in [-0.2, -0.15) is 0 Å². The number of hydrogen-bond donors (Lipinski definition) is 1. The zero-order valence-corrected chi connectivity index (χ0v) is 12.4. The second-order valence-corrected chi connectivity index (χ2v) is 5.62. The molecule has 0 aromatic heterocycles. The van der Waals surface area contributed by atoms with E-state index in [0.717, 1.165) is 0 Å². The molecule has 104 valence electrons. The van der Waals surface area contributed by atoms with Gasteiger partial charge >= 0.3 is 0 Å². The quantitative estimate of drug-likeness (QED) is 0.468. The number of hydrogen-bond acceptors (Lipinski definition) is 1. The first-order chi connectivity index (χ1) is 8.26. The van der Waals surface area contributed by atoms with Crippen molar-refractivity contribution in [1.82, 2.24) is 0 Å². The molecule has 0 aliphatic rings. The first kappa shape index (κ1) is 17.0. The Labute approximate surface area is 109 Å². The Morgan fingerprint density at radius 1 is 0.765 bits per heavy atom. The highest BCUT2D eigenvalue weighted by atomic mass is 16.3. The summed E-state index contributed by atoms with van der Waals surface area (Å²) in [4.78, 5) is 0. The van der Waals surface area contributed by atoms with Crippen LogP contribution in [0.1, 0.15) is 85.0 Å². The van der Waals surface area contributed by atoms with Gasteiger partial charge < -0.3 is 5.11 Å². The molecule has 0 aromatic rings. The summed E-state index contributed by atoms with van der Waals surface area (Å²) < 4.78 is 0. The van der Waals surface area contributed by atoms with Crippen molar-refractivity contribution < 1.29 is 5.11 Å². The molecule has 0 aliphatic carbocycles. The van der Waals surface area contributed by atoms with Crippen LogP contribution < -0.4 is 0 Å². The van der Waals surface area contributed by atoms with Gasteiger partial charge in [0.1, 0.15) is 0 Å². The summed E-state index contributed by atoms with van der Waals surface area (Å²) in [5.41, 5.74) is 0. The van der Waals surface area contributed by atoms with E-state index in [0.29, 0.717) is 18.4 Å². The third-order valence-electron chi connectivity index (χ3n) is 3.98. The highest BCUT2D eigenvalue weighted by Crippen LogP contribution is 2.23. The van der Waals surface area contributed by atoms with Gasteiger partial charge in [0.05, 0.1) is 0 Å². The second-order valence-electron chi connectivity index (χ2n) is 5.62. The molecular weight excluding hydrogens is 208 g/mol. The maximum absolute atomic E-state index is 9.44. The number of unbranched alkanes of at least 4 members (excludes halogenated alkanes) is 6. The summed E-state index contributed by atoms with van der Waals surface area (Å²) in [7, 11) is 0. The van der Waals surface area contributed by atoms with Crippen LogP contribution >= 0.6 is 0 Å². The Bertz CT molecular complexity index is 144. The van der Waals surface area contributed by atoms with E-state index in [1.807, 2.05) is 0 Å². The second kappa shape index (κ2) is 12.4. The predicted molar refractivity (Wildman–Crippen MR) is 77.3 cm³/mol. The van der Waals surface area contributed by atoms with Crippen LogP contribution in [0.3, 0.4) is 0 Å². The first-order valence-corrected chi connectivity index (χ1v) is 7.87. The van der Waals surface area contributed by atoms with Crippen LogP contribution in [0.2, 0.25) is 0 Å². The molecule has 0 heterocycles. The van der Waals surface area contributed by atoms with E-state index in [9.17, 15) is 5.11 Å². The topological polar surface area (TPSA) is 20.2 Å². The van der Waals surface area contributed by atoms with Crippen molar-refractivity contribution in [2.24, 2.45) is 11.8 Å². The molecule has 2 atom stereocenters. The largest absolute Gasteiger partial charge is 0.396 e. The van der Waals surface area contributed by atoms with Crippen molar-refractivity contribution in [3.05, 3.63) is 0 Å². The SMILES string of the molecule is CCCCCCCC(C)C(CO)CCCCC. The number of aliphatic hydroxyl groups excluding tert-OH is 1. The summed E-state index contributed by atoms with van der Waals surface area (Å²) >= 11 is 0. The van der Waals surface area contributed by atoms with E-state index in [4.69, 9.17) is 0 Å². The van der Waals surface area contributed by atoms with Crippen LogP contribution in [-0.4, -0.2) is 11.7 Å². The Kier molecular flexibility index (Phi) is 12.4. The van der Waals surface area contributed by atoms with Gasteiger partial charge in [-0.15, -0.1) is 0 Å². The Hall–Kier alpha value is -0.0400.